The van der Waals surface area contributed by atoms with Crippen molar-refractivity contribution in [1.82, 2.24) is 15.0 Å². The molecule has 3 atom stereocenters. The molecule has 5 aromatic rings. The lowest BCUT2D eigenvalue weighted by Gasteiger charge is -2.20. The normalized spacial score (nSPS) is 13.6. The van der Waals surface area contributed by atoms with Crippen LogP contribution < -0.4 is 5.73 Å². The molecule has 1 heterocycles. The molecule has 0 aliphatic heterocycles. The summed E-state index contributed by atoms with van der Waals surface area (Å²) >= 11 is 0. The van der Waals surface area contributed by atoms with Crippen LogP contribution in [0.4, 0.5) is 0 Å². The molecule has 1 unspecified atom stereocenters. The van der Waals surface area contributed by atoms with E-state index in [9.17, 15) is 23.8 Å². The molecule has 15 heteroatoms. The lowest BCUT2D eigenvalue weighted by Crippen LogP contribution is -2.34. The van der Waals surface area contributed by atoms with Gasteiger partial charge in [-0.1, -0.05) is 169 Å². The average molecular weight is 961 g/mol. The maximum atomic E-state index is 12.8. The summed E-state index contributed by atoms with van der Waals surface area (Å²) in [7, 11) is -4.75. The molecule has 1 aromatic heterocycles. The molecule has 0 saturated carbocycles. The van der Waals surface area contributed by atoms with Gasteiger partial charge in [0.05, 0.1) is 18.9 Å². The van der Waals surface area contributed by atoms with Crippen LogP contribution in [0.25, 0.3) is 32.3 Å². The summed E-state index contributed by atoms with van der Waals surface area (Å²) in [5.41, 5.74) is 7.76. The zero-order chi connectivity index (χ0) is 48.4. The van der Waals surface area contributed by atoms with E-state index < -0.39 is 51.1 Å². The number of carboxylic acid groups (broad SMARTS) is 1. The number of aromatic nitrogens is 3. The van der Waals surface area contributed by atoms with E-state index in [0.717, 1.165) is 89.3 Å². The van der Waals surface area contributed by atoms with Gasteiger partial charge in [-0.2, -0.15) is 0 Å². The number of rotatable bonds is 38. The van der Waals surface area contributed by atoms with Gasteiger partial charge >= 0.3 is 25.7 Å². The lowest BCUT2D eigenvalue weighted by atomic mass is 9.90. The fraction of sp³-hybridized carbons (Fsp3) is 0.604. The number of nitrogens with two attached hydrogens (primary N) is 1. The van der Waals surface area contributed by atoms with E-state index in [2.05, 4.69) is 78.0 Å². The van der Waals surface area contributed by atoms with Crippen molar-refractivity contribution in [2.75, 3.05) is 19.8 Å². The topological polar surface area (TPSA) is 202 Å². The van der Waals surface area contributed by atoms with Crippen LogP contribution in [0.1, 0.15) is 166 Å². The van der Waals surface area contributed by atoms with Crippen molar-refractivity contribution in [3.8, 4) is 0 Å². The number of carbonyl (C=O) groups is 3. The zero-order valence-corrected chi connectivity index (χ0v) is 41.4. The lowest BCUT2D eigenvalue weighted by molar-refractivity contribution is -0.161. The predicted molar refractivity (Wildman–Crippen MR) is 268 cm³/mol. The zero-order valence-electron chi connectivity index (χ0n) is 40.5. The maximum Gasteiger partial charge on any atom is 0.472 e. The Bertz CT molecular complexity index is 2300. The predicted octanol–water partition coefficient (Wildman–Crippen LogP) is 12.0. The van der Waals surface area contributed by atoms with Crippen molar-refractivity contribution in [3.05, 3.63) is 72.1 Å². The second kappa shape index (κ2) is 30.2. The van der Waals surface area contributed by atoms with Crippen LogP contribution in [0.3, 0.4) is 0 Å². The highest BCUT2D eigenvalue weighted by molar-refractivity contribution is 7.47. The van der Waals surface area contributed by atoms with Gasteiger partial charge in [0, 0.05) is 25.6 Å². The minimum absolute atomic E-state index is 0.117. The summed E-state index contributed by atoms with van der Waals surface area (Å²) < 4.78 is 34.9. The molecule has 14 nitrogen and oxygen atoms in total. The molecule has 0 radical (unpaired) electrons. The minimum atomic E-state index is -4.75. The minimum Gasteiger partial charge on any atom is -0.480 e. The summed E-state index contributed by atoms with van der Waals surface area (Å²) in [6, 6.07) is 18.5. The Labute approximate surface area is 402 Å². The van der Waals surface area contributed by atoms with Crippen LogP contribution in [-0.2, 0) is 56.9 Å². The third-order valence-corrected chi connectivity index (χ3v) is 13.6. The molecular formula is C53H77N4O10P. The number of unbranched alkanes of at least 4 members (excludes halogenated alkanes) is 18. The first-order valence-electron chi connectivity index (χ1n) is 25.5. The summed E-state index contributed by atoms with van der Waals surface area (Å²) in [5, 5.41) is 25.7. The Morgan fingerprint density at radius 3 is 1.88 bits per heavy atom. The van der Waals surface area contributed by atoms with E-state index in [1.807, 2.05) is 4.68 Å². The number of carboxylic acids is 1. The fourth-order valence-electron chi connectivity index (χ4n) is 8.84. The highest BCUT2D eigenvalue weighted by atomic mass is 31.2. The molecule has 0 aliphatic carbocycles. The molecular weight excluding hydrogens is 884 g/mol. The Morgan fingerprint density at radius 1 is 0.662 bits per heavy atom. The maximum absolute atomic E-state index is 12.8. The molecule has 0 saturated heterocycles. The number of esters is 2. The second-order valence-corrected chi connectivity index (χ2v) is 19.9. The Balaban J connectivity index is 0.924. The number of aryl methyl sites for hydroxylation is 3. The SMILES string of the molecule is CCCCCCCCCCCCCCCC(=O)OC[C@H](COP(=O)(O)OC[C@H](N)C(=O)O)OC(=O)CCCCCCCCc1cn(CCCCc2cc3cccc4ccc5cccc2c5c43)nn1. The smallest absolute Gasteiger partial charge is 0.472 e. The van der Waals surface area contributed by atoms with Crippen LogP contribution in [0.15, 0.2) is 60.8 Å². The van der Waals surface area contributed by atoms with Crippen LogP contribution in [0.5, 0.6) is 0 Å². The van der Waals surface area contributed by atoms with Gasteiger partial charge in [-0.05, 0) is 82.8 Å². The molecule has 68 heavy (non-hydrogen) atoms. The van der Waals surface area contributed by atoms with Crippen molar-refractivity contribution < 1.29 is 47.5 Å². The number of aliphatic carboxylic acids is 1. The molecule has 0 spiro atoms. The van der Waals surface area contributed by atoms with Crippen LogP contribution in [-0.4, -0.2) is 74.9 Å². The highest BCUT2D eigenvalue weighted by Gasteiger charge is 2.28. The summed E-state index contributed by atoms with van der Waals surface area (Å²) in [6.07, 6.45) is 26.0. The van der Waals surface area contributed by atoms with Crippen molar-refractivity contribution in [2.45, 2.75) is 186 Å². The van der Waals surface area contributed by atoms with E-state index in [-0.39, 0.29) is 19.4 Å². The van der Waals surface area contributed by atoms with Gasteiger partial charge in [0.1, 0.15) is 12.6 Å². The van der Waals surface area contributed by atoms with Gasteiger partial charge in [0.2, 0.25) is 0 Å². The van der Waals surface area contributed by atoms with Gasteiger partial charge in [-0.3, -0.25) is 28.1 Å². The number of ether oxygens (including phenoxy) is 2. The van der Waals surface area contributed by atoms with Gasteiger partial charge in [0.15, 0.2) is 6.10 Å². The van der Waals surface area contributed by atoms with E-state index in [4.69, 9.17) is 29.4 Å². The van der Waals surface area contributed by atoms with Gasteiger partial charge in [-0.25, -0.2) is 4.57 Å². The van der Waals surface area contributed by atoms with Crippen LogP contribution in [0.2, 0.25) is 0 Å². The fourth-order valence-corrected chi connectivity index (χ4v) is 9.62. The van der Waals surface area contributed by atoms with Crippen molar-refractivity contribution in [2.24, 2.45) is 5.73 Å². The third kappa shape index (κ3) is 19.5. The number of hydrogen-bond acceptors (Lipinski definition) is 11. The third-order valence-electron chi connectivity index (χ3n) is 12.7. The van der Waals surface area contributed by atoms with E-state index in [1.165, 1.54) is 95.7 Å². The van der Waals surface area contributed by atoms with E-state index in [0.29, 0.717) is 12.8 Å². The van der Waals surface area contributed by atoms with Crippen molar-refractivity contribution >= 4 is 58.0 Å². The van der Waals surface area contributed by atoms with Crippen LogP contribution >= 0.6 is 7.82 Å². The first kappa shape index (κ1) is 54.5. The second-order valence-electron chi connectivity index (χ2n) is 18.4. The summed E-state index contributed by atoms with van der Waals surface area (Å²) in [4.78, 5) is 46.4. The van der Waals surface area contributed by atoms with Gasteiger partial charge < -0.3 is 25.2 Å². The number of benzene rings is 4. The van der Waals surface area contributed by atoms with Crippen LogP contribution in [0, 0.1) is 0 Å². The molecule has 0 aliphatic rings. The standard InChI is InChI=1S/C53H77N4O10P/c1-2-3-4-5-6-7-8-9-10-11-12-16-19-31-49(58)64-38-46(39-65-68(62,63)66-40-48(54)53(60)61)67-50(59)32-20-17-14-13-15-18-29-45-37-57(56-55-45)35-22-21-25-43-36-44-28-23-26-41-33-34-42-27-24-30-47(43)52(42)51(41)44/h23-24,26-28,30,33-34,36-37,46,48H,2-22,25,29,31-32,35,38-40,54H2,1H3,(H,60,61)(H,62,63)/t46-,48+/m1/s1. The van der Waals surface area contributed by atoms with Crippen molar-refractivity contribution in [3.63, 3.8) is 0 Å². The number of phosphoric ester groups is 1. The quantitative estimate of drug-likeness (QED) is 0.0146. The van der Waals surface area contributed by atoms with Gasteiger partial charge in [-0.15, -0.1) is 5.10 Å². The first-order valence-corrected chi connectivity index (χ1v) is 27.0. The number of nitrogens with zero attached hydrogens (tertiary/aromatic N) is 3. The number of hydrogen-bond donors (Lipinski definition) is 3. The Morgan fingerprint density at radius 2 is 1.22 bits per heavy atom. The Hall–Kier alpha value is -4.46. The average Bonchev–Trinajstić information content (AvgIpc) is 3.79. The molecule has 0 fully saturated rings. The van der Waals surface area contributed by atoms with E-state index >= 15 is 0 Å². The molecule has 4 N–H and O–H groups in total. The molecule has 0 bridgehead atoms. The first-order chi connectivity index (χ1) is 33.0. The summed E-state index contributed by atoms with van der Waals surface area (Å²) in [5.74, 6) is -2.43. The highest BCUT2D eigenvalue weighted by Crippen LogP contribution is 2.43. The largest absolute Gasteiger partial charge is 0.480 e. The molecule has 374 valence electrons. The van der Waals surface area contributed by atoms with Crippen molar-refractivity contribution in [1.29, 1.82) is 0 Å². The molecule has 5 rings (SSSR count). The Kier molecular flexibility index (Phi) is 24.2. The number of phosphoric acid groups is 1. The van der Waals surface area contributed by atoms with Gasteiger partial charge in [0.25, 0.3) is 0 Å². The van der Waals surface area contributed by atoms with E-state index in [1.54, 1.807) is 0 Å². The molecule has 4 aromatic carbocycles. The monoisotopic (exact) mass is 961 g/mol. The summed E-state index contributed by atoms with van der Waals surface area (Å²) in [6.45, 7) is 1.32. The molecule has 0 amide bonds. The number of carbonyl (C=O) groups excluding carboxylic acids is 2.